The van der Waals surface area contributed by atoms with Crippen LogP contribution in [-0.2, 0) is 6.40 Å². The molecule has 3 rings (SSSR count). The molecule has 1 aliphatic heterocycles. The number of hydrogen-bond acceptors (Lipinski definition) is 2. The zero-order valence-electron chi connectivity index (χ0n) is 10.1. The van der Waals surface area contributed by atoms with E-state index in [2.05, 4.69) is 4.98 Å². The number of pyridine rings is 1. The highest BCUT2D eigenvalue weighted by Crippen LogP contribution is 2.45. The summed E-state index contributed by atoms with van der Waals surface area (Å²) in [7, 11) is 0. The fourth-order valence-corrected chi connectivity index (χ4v) is 2.66. The molecule has 0 fully saturated rings. The summed E-state index contributed by atoms with van der Waals surface area (Å²) in [6.07, 6.45) is 1.10. The van der Waals surface area contributed by atoms with E-state index < -0.39 is 11.6 Å². The molecule has 2 heterocycles. The molecule has 0 N–H and O–H groups in total. The summed E-state index contributed by atoms with van der Waals surface area (Å²) in [5.74, 6) is 0. The van der Waals surface area contributed by atoms with Crippen molar-refractivity contribution in [3.05, 3.63) is 59.9 Å². The largest absolute Gasteiger partial charge is 0.260 e. The zero-order chi connectivity index (χ0) is 11.9. The molecule has 0 saturated carbocycles. The highest BCUT2D eigenvalue weighted by atomic mass is 32.2. The minimum Gasteiger partial charge on any atom is -0.260 e. The summed E-state index contributed by atoms with van der Waals surface area (Å²) in [6.45, 7) is 0. The first-order valence-electron chi connectivity index (χ1n) is 5.91. The lowest BCUT2D eigenvalue weighted by Crippen LogP contribution is -1.94. The Morgan fingerprint density at radius 1 is 1.27 bits per heavy atom. The Morgan fingerprint density at radius 3 is 2.93 bits per heavy atom. The molecular weight excluding hydrogens is 202 g/mol. The number of aromatic nitrogens is 1. The molecule has 2 aromatic rings. The van der Waals surface area contributed by atoms with Crippen molar-refractivity contribution < 1.29 is 2.74 Å². The summed E-state index contributed by atoms with van der Waals surface area (Å²) < 4.78 is 16.8. The summed E-state index contributed by atoms with van der Waals surface area (Å²) in [5, 5.41) is -1.02. The molecule has 1 aliphatic rings. The van der Waals surface area contributed by atoms with E-state index in [4.69, 9.17) is 2.74 Å². The van der Waals surface area contributed by atoms with E-state index in [1.807, 2.05) is 42.5 Å². The summed E-state index contributed by atoms with van der Waals surface area (Å²) in [6, 6.07) is 13.3. The number of fused-ring (bicyclic) bond motifs is 1. The Bertz CT molecular complexity index is 546. The lowest BCUT2D eigenvalue weighted by molar-refractivity contribution is 0.904. The van der Waals surface area contributed by atoms with Gasteiger partial charge in [-0.25, -0.2) is 0 Å². The van der Waals surface area contributed by atoms with Gasteiger partial charge < -0.3 is 0 Å². The second kappa shape index (κ2) is 3.70. The van der Waals surface area contributed by atoms with Crippen molar-refractivity contribution >= 4 is 11.8 Å². The first-order valence-corrected chi connectivity index (χ1v) is 5.65. The SMILES string of the molecule is [2H]C1c2ccccc2SC1([2H])c1ccccn1. The van der Waals surface area contributed by atoms with Gasteiger partial charge in [-0.15, -0.1) is 11.8 Å². The van der Waals surface area contributed by atoms with Gasteiger partial charge in [-0.05, 0) is 30.2 Å². The first kappa shape index (κ1) is 7.07. The normalized spacial score (nSPS) is 30.5. The van der Waals surface area contributed by atoms with Crippen LogP contribution in [0.4, 0.5) is 0 Å². The fraction of sp³-hybridized carbons (Fsp3) is 0.154. The Hall–Kier alpha value is -1.28. The third-order valence-corrected chi connectivity index (χ3v) is 3.48. The quantitative estimate of drug-likeness (QED) is 0.722. The predicted molar refractivity (Wildman–Crippen MR) is 63.0 cm³/mol. The van der Waals surface area contributed by atoms with E-state index in [1.54, 1.807) is 6.20 Å². The van der Waals surface area contributed by atoms with Gasteiger partial charge in [-0.3, -0.25) is 4.98 Å². The van der Waals surface area contributed by atoms with Crippen molar-refractivity contribution in [3.63, 3.8) is 0 Å². The molecule has 0 bridgehead atoms. The van der Waals surface area contributed by atoms with Gasteiger partial charge in [0.25, 0.3) is 0 Å². The number of nitrogens with zero attached hydrogens (tertiary/aromatic N) is 1. The van der Waals surface area contributed by atoms with Crippen LogP contribution in [0.2, 0.25) is 0 Å². The average molecular weight is 215 g/mol. The van der Waals surface area contributed by atoms with E-state index in [0.717, 1.165) is 10.5 Å². The minimum atomic E-state index is -1.02. The van der Waals surface area contributed by atoms with Crippen molar-refractivity contribution in [3.8, 4) is 0 Å². The van der Waals surface area contributed by atoms with Gasteiger partial charge in [0.2, 0.25) is 0 Å². The molecule has 2 unspecified atom stereocenters. The monoisotopic (exact) mass is 215 g/mol. The molecule has 0 saturated heterocycles. The number of thioether (sulfide) groups is 1. The van der Waals surface area contributed by atoms with Gasteiger partial charge in [0.15, 0.2) is 0 Å². The van der Waals surface area contributed by atoms with Crippen LogP contribution >= 0.6 is 11.8 Å². The number of hydrogen-bond donors (Lipinski definition) is 0. The van der Waals surface area contributed by atoms with E-state index in [1.165, 1.54) is 11.8 Å². The van der Waals surface area contributed by atoms with E-state index in [-0.39, 0.29) is 0 Å². The van der Waals surface area contributed by atoms with Crippen molar-refractivity contribution in [2.45, 2.75) is 16.5 Å². The lowest BCUT2D eigenvalue weighted by atomic mass is 10.1. The molecule has 1 nitrogen and oxygen atoms in total. The van der Waals surface area contributed by atoms with Gasteiger partial charge in [0.1, 0.15) is 0 Å². The Balaban J connectivity index is 2.09. The zero-order valence-corrected chi connectivity index (χ0v) is 8.87. The molecule has 15 heavy (non-hydrogen) atoms. The van der Waals surface area contributed by atoms with Gasteiger partial charge in [-0.1, -0.05) is 24.3 Å². The molecule has 0 aliphatic carbocycles. The van der Waals surface area contributed by atoms with Crippen LogP contribution in [0, 0.1) is 0 Å². The summed E-state index contributed by atoms with van der Waals surface area (Å²) in [4.78, 5) is 5.26. The molecule has 74 valence electrons. The van der Waals surface area contributed by atoms with Crippen molar-refractivity contribution in [1.29, 1.82) is 0 Å². The van der Waals surface area contributed by atoms with Crippen LogP contribution in [0.15, 0.2) is 53.6 Å². The van der Waals surface area contributed by atoms with E-state index >= 15 is 0 Å². The van der Waals surface area contributed by atoms with Crippen molar-refractivity contribution in [2.75, 3.05) is 0 Å². The standard InChI is InChI=1S/C13H11NS/c1-2-7-12-10(5-1)9-13(15-12)11-6-3-4-8-14-11/h1-8,13H,9H2/i9D,13D. The van der Waals surface area contributed by atoms with Gasteiger partial charge in [0.05, 0.1) is 10.9 Å². The van der Waals surface area contributed by atoms with E-state index in [0.29, 0.717) is 5.69 Å². The molecule has 1 aromatic heterocycles. The topological polar surface area (TPSA) is 12.9 Å². The smallest absolute Gasteiger partial charge is 0.0558 e. The van der Waals surface area contributed by atoms with Crippen LogP contribution in [0.3, 0.4) is 0 Å². The average Bonchev–Trinajstić information content (AvgIpc) is 2.65. The van der Waals surface area contributed by atoms with Gasteiger partial charge in [-0.2, -0.15) is 0 Å². The van der Waals surface area contributed by atoms with Crippen LogP contribution in [-0.4, -0.2) is 4.98 Å². The maximum Gasteiger partial charge on any atom is 0.0558 e. The Labute approximate surface area is 96.4 Å². The molecule has 0 radical (unpaired) electrons. The maximum absolute atomic E-state index is 8.53. The molecular formula is C13H11NS. The van der Waals surface area contributed by atoms with E-state index in [9.17, 15) is 0 Å². The van der Waals surface area contributed by atoms with Gasteiger partial charge >= 0.3 is 0 Å². The van der Waals surface area contributed by atoms with Crippen LogP contribution < -0.4 is 0 Å². The number of benzene rings is 1. The van der Waals surface area contributed by atoms with Crippen LogP contribution in [0.25, 0.3) is 0 Å². The fourth-order valence-electron chi connectivity index (χ4n) is 1.62. The molecule has 0 amide bonds. The summed E-state index contributed by atoms with van der Waals surface area (Å²) in [5.41, 5.74) is 1.58. The second-order valence-electron chi connectivity index (χ2n) is 3.36. The highest BCUT2D eigenvalue weighted by Gasteiger charge is 2.23. The third-order valence-electron chi connectivity index (χ3n) is 2.34. The maximum atomic E-state index is 8.53. The third kappa shape index (κ3) is 1.65. The lowest BCUT2D eigenvalue weighted by Gasteiger charge is -2.06. The molecule has 2 atom stereocenters. The van der Waals surface area contributed by atoms with Crippen LogP contribution in [0.5, 0.6) is 0 Å². The molecule has 2 heteroatoms. The number of rotatable bonds is 1. The first-order chi connectivity index (χ1) is 8.22. The Morgan fingerprint density at radius 2 is 2.13 bits per heavy atom. The van der Waals surface area contributed by atoms with Crippen molar-refractivity contribution in [1.82, 2.24) is 4.98 Å². The van der Waals surface area contributed by atoms with Crippen molar-refractivity contribution in [2.24, 2.45) is 0 Å². The molecule has 1 aromatic carbocycles. The minimum absolute atomic E-state index is 0.585. The predicted octanol–water partition coefficient (Wildman–Crippen LogP) is 3.47. The highest BCUT2D eigenvalue weighted by molar-refractivity contribution is 7.99. The molecule has 0 spiro atoms. The second-order valence-corrected chi connectivity index (χ2v) is 4.45. The Kier molecular flexibility index (Phi) is 1.75. The van der Waals surface area contributed by atoms with Gasteiger partial charge in [0, 0.05) is 13.8 Å². The van der Waals surface area contributed by atoms with Crippen LogP contribution in [0.1, 0.15) is 19.2 Å². The summed E-state index contributed by atoms with van der Waals surface area (Å²) >= 11 is 1.42.